The molecule has 3 rings (SSSR count). The third-order valence-electron chi connectivity index (χ3n) is 3.93. The van der Waals surface area contributed by atoms with Crippen LogP contribution >= 0.6 is 22.9 Å². The van der Waals surface area contributed by atoms with Gasteiger partial charge in [0, 0.05) is 21.5 Å². The van der Waals surface area contributed by atoms with Gasteiger partial charge in [0.05, 0.1) is 5.69 Å². The minimum Gasteiger partial charge on any atom is -0.341 e. The Labute approximate surface area is 166 Å². The van der Waals surface area contributed by atoms with Crippen molar-refractivity contribution in [3.05, 3.63) is 70.1 Å². The van der Waals surface area contributed by atoms with Gasteiger partial charge in [-0.3, -0.25) is 9.59 Å². The molecule has 1 unspecified atom stereocenters. The van der Waals surface area contributed by atoms with Crippen molar-refractivity contribution in [2.45, 2.75) is 19.9 Å². The predicted octanol–water partition coefficient (Wildman–Crippen LogP) is 4.53. The molecule has 2 aromatic carbocycles. The van der Waals surface area contributed by atoms with Crippen LogP contribution in [-0.2, 0) is 4.79 Å². The molecule has 7 heteroatoms. The van der Waals surface area contributed by atoms with E-state index >= 15 is 0 Å². The van der Waals surface area contributed by atoms with E-state index in [1.807, 2.05) is 36.6 Å². The second-order valence-corrected chi connectivity index (χ2v) is 7.39. The summed E-state index contributed by atoms with van der Waals surface area (Å²) in [5.41, 5.74) is 3.40. The van der Waals surface area contributed by atoms with E-state index in [1.165, 1.54) is 16.9 Å². The van der Waals surface area contributed by atoms with Crippen molar-refractivity contribution in [1.29, 1.82) is 0 Å². The fourth-order valence-electron chi connectivity index (χ4n) is 2.35. The Bertz CT molecular complexity index is 952. The first-order valence-corrected chi connectivity index (χ1v) is 9.58. The van der Waals surface area contributed by atoms with E-state index in [0.29, 0.717) is 15.7 Å². The molecule has 3 aromatic rings. The van der Waals surface area contributed by atoms with Crippen LogP contribution in [-0.4, -0.2) is 22.8 Å². The molecule has 27 heavy (non-hydrogen) atoms. The molecule has 2 amide bonds. The third-order valence-corrected chi connectivity index (χ3v) is 4.94. The number of rotatable bonds is 5. The summed E-state index contributed by atoms with van der Waals surface area (Å²) in [7, 11) is 0. The van der Waals surface area contributed by atoms with Gasteiger partial charge in [-0.25, -0.2) is 4.98 Å². The molecule has 5 nitrogen and oxygen atoms in total. The Morgan fingerprint density at radius 3 is 2.41 bits per heavy atom. The SMILES string of the molecule is Cc1ccc(-c2csc(NC(=O)C(C)NC(=O)c3ccc(Cl)cc3)n2)cc1. The van der Waals surface area contributed by atoms with Crippen LogP contribution in [0.5, 0.6) is 0 Å². The van der Waals surface area contributed by atoms with Crippen molar-refractivity contribution in [3.8, 4) is 11.3 Å². The quantitative estimate of drug-likeness (QED) is 0.662. The number of hydrogen-bond donors (Lipinski definition) is 2. The minimum absolute atomic E-state index is 0.331. The first-order chi connectivity index (χ1) is 12.9. The molecule has 0 radical (unpaired) electrons. The number of nitrogens with zero attached hydrogens (tertiary/aromatic N) is 1. The maximum absolute atomic E-state index is 12.3. The number of aromatic nitrogens is 1. The lowest BCUT2D eigenvalue weighted by Gasteiger charge is -2.13. The lowest BCUT2D eigenvalue weighted by molar-refractivity contribution is -0.117. The van der Waals surface area contributed by atoms with E-state index in [4.69, 9.17) is 11.6 Å². The van der Waals surface area contributed by atoms with E-state index in [1.54, 1.807) is 31.2 Å². The number of nitrogens with one attached hydrogen (secondary N) is 2. The van der Waals surface area contributed by atoms with Crippen LogP contribution in [0.15, 0.2) is 53.9 Å². The topological polar surface area (TPSA) is 71.1 Å². The van der Waals surface area contributed by atoms with Gasteiger partial charge in [0.2, 0.25) is 5.91 Å². The number of anilines is 1. The number of carbonyl (C=O) groups is 2. The molecular weight excluding hydrogens is 382 g/mol. The summed E-state index contributed by atoms with van der Waals surface area (Å²) in [5, 5.41) is 8.33. The Hall–Kier alpha value is -2.70. The summed E-state index contributed by atoms with van der Waals surface area (Å²) >= 11 is 7.16. The highest BCUT2D eigenvalue weighted by Gasteiger charge is 2.18. The Morgan fingerprint density at radius 1 is 1.07 bits per heavy atom. The molecule has 0 spiro atoms. The van der Waals surface area contributed by atoms with E-state index in [0.717, 1.165) is 11.3 Å². The van der Waals surface area contributed by atoms with E-state index in [9.17, 15) is 9.59 Å². The van der Waals surface area contributed by atoms with Crippen LogP contribution in [0.1, 0.15) is 22.8 Å². The zero-order valence-electron chi connectivity index (χ0n) is 14.8. The fraction of sp³-hybridized carbons (Fsp3) is 0.150. The first kappa shape index (κ1) is 19.1. The normalized spacial score (nSPS) is 11.7. The average molecular weight is 400 g/mol. The molecule has 0 saturated heterocycles. The lowest BCUT2D eigenvalue weighted by Crippen LogP contribution is -2.41. The third kappa shape index (κ3) is 4.93. The van der Waals surface area contributed by atoms with Crippen molar-refractivity contribution < 1.29 is 9.59 Å². The highest BCUT2D eigenvalue weighted by atomic mass is 35.5. The number of amides is 2. The summed E-state index contributed by atoms with van der Waals surface area (Å²) in [6.45, 7) is 3.65. The van der Waals surface area contributed by atoms with Gasteiger partial charge in [0.25, 0.3) is 5.91 Å². The molecule has 0 bridgehead atoms. The standard InChI is InChI=1S/C20H18ClN3O2S/c1-12-3-5-14(6-4-12)17-11-27-20(23-17)24-18(25)13(2)22-19(26)15-7-9-16(21)10-8-15/h3-11,13H,1-2H3,(H,22,26)(H,23,24,25). The molecule has 2 N–H and O–H groups in total. The van der Waals surface area contributed by atoms with Gasteiger partial charge < -0.3 is 10.6 Å². The number of benzene rings is 2. The summed E-state index contributed by atoms with van der Waals surface area (Å²) in [5.74, 6) is -0.670. The number of aryl methyl sites for hydroxylation is 1. The van der Waals surface area contributed by atoms with Crippen LogP contribution in [0.3, 0.4) is 0 Å². The van der Waals surface area contributed by atoms with E-state index < -0.39 is 6.04 Å². The summed E-state index contributed by atoms with van der Waals surface area (Å²) in [6, 6.07) is 13.8. The molecule has 1 atom stereocenters. The average Bonchev–Trinajstić information content (AvgIpc) is 3.11. The molecule has 0 fully saturated rings. The molecule has 0 aliphatic rings. The highest BCUT2D eigenvalue weighted by Crippen LogP contribution is 2.25. The molecule has 0 saturated carbocycles. The number of carbonyl (C=O) groups excluding carboxylic acids is 2. The van der Waals surface area contributed by atoms with Crippen LogP contribution < -0.4 is 10.6 Å². The predicted molar refractivity (Wildman–Crippen MR) is 109 cm³/mol. The van der Waals surface area contributed by atoms with Crippen molar-refractivity contribution in [3.63, 3.8) is 0 Å². The van der Waals surface area contributed by atoms with Gasteiger partial charge in [-0.15, -0.1) is 11.3 Å². The van der Waals surface area contributed by atoms with Crippen LogP contribution in [0, 0.1) is 6.92 Å². The highest BCUT2D eigenvalue weighted by molar-refractivity contribution is 7.14. The number of hydrogen-bond acceptors (Lipinski definition) is 4. The van der Waals surface area contributed by atoms with Crippen molar-refractivity contribution >= 4 is 39.9 Å². The second-order valence-electron chi connectivity index (χ2n) is 6.10. The largest absolute Gasteiger partial charge is 0.341 e. The number of thiazole rings is 1. The molecule has 0 aliphatic heterocycles. The van der Waals surface area contributed by atoms with Crippen molar-refractivity contribution in [1.82, 2.24) is 10.3 Å². The van der Waals surface area contributed by atoms with Gasteiger partial charge in [0.15, 0.2) is 5.13 Å². The molecular formula is C20H18ClN3O2S. The first-order valence-electron chi connectivity index (χ1n) is 8.32. The summed E-state index contributed by atoms with van der Waals surface area (Å²) in [6.07, 6.45) is 0. The maximum atomic E-state index is 12.3. The fourth-order valence-corrected chi connectivity index (χ4v) is 3.20. The van der Waals surface area contributed by atoms with Gasteiger partial charge in [-0.2, -0.15) is 0 Å². The molecule has 1 aromatic heterocycles. The van der Waals surface area contributed by atoms with Gasteiger partial charge in [0.1, 0.15) is 6.04 Å². The smallest absolute Gasteiger partial charge is 0.251 e. The zero-order chi connectivity index (χ0) is 19.4. The Balaban J connectivity index is 1.60. The molecule has 1 heterocycles. The maximum Gasteiger partial charge on any atom is 0.251 e. The minimum atomic E-state index is -0.708. The summed E-state index contributed by atoms with van der Waals surface area (Å²) in [4.78, 5) is 29.0. The van der Waals surface area contributed by atoms with E-state index in [-0.39, 0.29) is 11.8 Å². The van der Waals surface area contributed by atoms with Gasteiger partial charge in [-0.1, -0.05) is 41.4 Å². The van der Waals surface area contributed by atoms with Crippen molar-refractivity contribution in [2.24, 2.45) is 0 Å². The molecule has 0 aliphatic carbocycles. The lowest BCUT2D eigenvalue weighted by atomic mass is 10.1. The molecule has 138 valence electrons. The van der Waals surface area contributed by atoms with Gasteiger partial charge >= 0.3 is 0 Å². The monoisotopic (exact) mass is 399 g/mol. The van der Waals surface area contributed by atoms with Crippen LogP contribution in [0.25, 0.3) is 11.3 Å². The van der Waals surface area contributed by atoms with E-state index in [2.05, 4.69) is 15.6 Å². The van der Waals surface area contributed by atoms with Crippen LogP contribution in [0.4, 0.5) is 5.13 Å². The second kappa shape index (κ2) is 8.33. The number of halogens is 1. The Kier molecular flexibility index (Phi) is 5.88. The Morgan fingerprint density at radius 2 is 1.74 bits per heavy atom. The summed E-state index contributed by atoms with van der Waals surface area (Å²) < 4.78 is 0. The van der Waals surface area contributed by atoms with Gasteiger partial charge in [-0.05, 0) is 38.1 Å². The van der Waals surface area contributed by atoms with Crippen LogP contribution in [0.2, 0.25) is 5.02 Å². The van der Waals surface area contributed by atoms with Crippen molar-refractivity contribution in [2.75, 3.05) is 5.32 Å². The zero-order valence-corrected chi connectivity index (χ0v) is 16.4.